The number of hydrogen-bond donors (Lipinski definition) is 2. The Bertz CT molecular complexity index is 1570. The summed E-state index contributed by atoms with van der Waals surface area (Å²) in [6, 6.07) is 5.06. The molecule has 0 saturated carbocycles. The Labute approximate surface area is 319 Å². The van der Waals surface area contributed by atoms with Crippen molar-refractivity contribution < 1.29 is 43.0 Å². The van der Waals surface area contributed by atoms with Crippen molar-refractivity contribution in [3.63, 3.8) is 0 Å². The molecule has 2 aliphatic heterocycles. The van der Waals surface area contributed by atoms with Crippen molar-refractivity contribution >= 4 is 41.5 Å². The molecule has 0 aromatic heterocycles. The molecule has 2 heterocycles. The lowest BCUT2D eigenvalue weighted by Crippen LogP contribution is -2.60. The highest BCUT2D eigenvalue weighted by atomic mass is 16.6. The van der Waals surface area contributed by atoms with E-state index in [0.717, 1.165) is 5.56 Å². The second-order valence-electron chi connectivity index (χ2n) is 14.9. The highest BCUT2D eigenvalue weighted by Crippen LogP contribution is 2.30. The van der Waals surface area contributed by atoms with Crippen LogP contribution in [0.3, 0.4) is 0 Å². The van der Waals surface area contributed by atoms with Crippen LogP contribution in [0.5, 0.6) is 0 Å². The lowest BCUT2D eigenvalue weighted by atomic mass is 9.83. The molecule has 7 unspecified atom stereocenters. The third kappa shape index (κ3) is 10.6. The predicted molar refractivity (Wildman–Crippen MR) is 200 cm³/mol. The quantitative estimate of drug-likeness (QED) is 0.241. The molecule has 3 rings (SSSR count). The van der Waals surface area contributed by atoms with Crippen LogP contribution in [0.25, 0.3) is 0 Å². The van der Waals surface area contributed by atoms with Gasteiger partial charge in [0.2, 0.25) is 23.6 Å². The zero-order valence-electron chi connectivity index (χ0n) is 32.9. The monoisotopic (exact) mass is 751 g/mol. The average Bonchev–Trinajstić information content (AvgIpc) is 3.64. The first-order chi connectivity index (χ1) is 25.5. The highest BCUT2D eigenvalue weighted by Gasteiger charge is 2.45. The molecule has 7 atom stereocenters. The largest absolute Gasteiger partial charge is 0.460 e. The van der Waals surface area contributed by atoms with Gasteiger partial charge in [-0.3, -0.25) is 33.6 Å². The average molecular weight is 752 g/mol. The van der Waals surface area contributed by atoms with Crippen molar-refractivity contribution in [3.8, 4) is 12.3 Å². The molecule has 5 amide bonds. The van der Waals surface area contributed by atoms with Crippen molar-refractivity contribution in [1.82, 2.24) is 25.3 Å². The molecule has 2 fully saturated rings. The third-order valence-electron chi connectivity index (χ3n) is 10.6. The van der Waals surface area contributed by atoms with E-state index in [1.807, 2.05) is 44.2 Å². The second kappa shape index (κ2) is 19.4. The second-order valence-corrected chi connectivity index (χ2v) is 14.9. The Kier molecular flexibility index (Phi) is 15.6. The fourth-order valence-electron chi connectivity index (χ4n) is 6.87. The van der Waals surface area contributed by atoms with Crippen molar-refractivity contribution in [2.75, 3.05) is 27.2 Å². The highest BCUT2D eigenvalue weighted by molar-refractivity contribution is 5.96. The number of likely N-dealkylation sites (N-methyl/N-ethyl adjacent to an activating group) is 2. The summed E-state index contributed by atoms with van der Waals surface area (Å²) in [4.78, 5) is 100. The minimum absolute atomic E-state index is 0.118. The van der Waals surface area contributed by atoms with Crippen molar-refractivity contribution in [2.24, 2.45) is 11.3 Å². The first-order valence-corrected chi connectivity index (χ1v) is 18.8. The van der Waals surface area contributed by atoms with Crippen molar-refractivity contribution in [2.45, 2.75) is 123 Å². The lowest BCUT2D eigenvalue weighted by molar-refractivity contribution is -0.176. The van der Waals surface area contributed by atoms with Gasteiger partial charge in [-0.1, -0.05) is 50.6 Å². The molecule has 0 spiro atoms. The summed E-state index contributed by atoms with van der Waals surface area (Å²) >= 11 is 0. The van der Waals surface area contributed by atoms with Gasteiger partial charge in [0.15, 0.2) is 6.10 Å². The number of nitrogens with zero attached hydrogens (tertiary/aromatic N) is 3. The van der Waals surface area contributed by atoms with E-state index in [-0.39, 0.29) is 25.3 Å². The Morgan fingerprint density at radius 2 is 1.61 bits per heavy atom. The smallest absolute Gasteiger partial charge is 0.325 e. The fourth-order valence-corrected chi connectivity index (χ4v) is 6.87. The molecule has 0 bridgehead atoms. The Balaban J connectivity index is 2.07. The van der Waals surface area contributed by atoms with E-state index in [9.17, 15) is 33.6 Å². The number of fused-ring (bicyclic) bond motifs is 1. The van der Waals surface area contributed by atoms with Crippen LogP contribution in [0.15, 0.2) is 30.3 Å². The van der Waals surface area contributed by atoms with Gasteiger partial charge in [-0.25, -0.2) is 0 Å². The SMILES string of the molecule is C#CCCCC1OC(=O)CNC(=O)C(Cc2ccccc2)N(C)C(=O)C2CCCN2C(=O)C(C(C)CC)N(C)C(=O)C(C)NC(=O)C(C)OC(=O)C1(C)C. The van der Waals surface area contributed by atoms with Gasteiger partial charge in [0.05, 0.1) is 5.41 Å². The van der Waals surface area contributed by atoms with E-state index >= 15 is 0 Å². The van der Waals surface area contributed by atoms with Crippen molar-refractivity contribution in [1.29, 1.82) is 0 Å². The van der Waals surface area contributed by atoms with Gasteiger partial charge in [-0.2, -0.15) is 0 Å². The van der Waals surface area contributed by atoms with Crippen LogP contribution in [0.2, 0.25) is 0 Å². The summed E-state index contributed by atoms with van der Waals surface area (Å²) in [6.45, 7) is 9.30. The third-order valence-corrected chi connectivity index (χ3v) is 10.6. The Morgan fingerprint density at radius 3 is 2.24 bits per heavy atom. The van der Waals surface area contributed by atoms with Gasteiger partial charge in [-0.05, 0) is 64.9 Å². The molecule has 14 heteroatoms. The molecule has 14 nitrogen and oxygen atoms in total. The van der Waals surface area contributed by atoms with Crippen LogP contribution in [0.1, 0.15) is 85.6 Å². The normalized spacial score (nSPS) is 27.4. The molecule has 1 aromatic carbocycles. The number of carbonyl (C=O) groups is 7. The summed E-state index contributed by atoms with van der Waals surface area (Å²) in [6.07, 6.45) is 5.55. The Morgan fingerprint density at radius 1 is 0.944 bits per heavy atom. The molecule has 296 valence electrons. The van der Waals surface area contributed by atoms with Crippen LogP contribution in [0.4, 0.5) is 0 Å². The molecule has 54 heavy (non-hydrogen) atoms. The minimum Gasteiger partial charge on any atom is -0.460 e. The summed E-state index contributed by atoms with van der Waals surface area (Å²) in [5, 5.41) is 5.21. The predicted octanol–water partition coefficient (Wildman–Crippen LogP) is 2.23. The van der Waals surface area contributed by atoms with Gasteiger partial charge in [-0.15, -0.1) is 12.3 Å². The maximum atomic E-state index is 14.4. The number of carbonyl (C=O) groups excluding carboxylic acids is 7. The minimum atomic E-state index is -1.46. The van der Waals surface area contributed by atoms with Crippen molar-refractivity contribution in [3.05, 3.63) is 35.9 Å². The standard InChI is InChI=1S/C40H57N5O9/c1-10-12-14-21-31-40(6,7)39(52)53-27(5)34(47)42-26(4)36(49)44(9)33(25(3)11-2)38(51)45-22-17-20-29(45)37(50)43(8)30(23-28-18-15-13-16-19-28)35(48)41-24-32(46)54-31/h1,13,15-16,18-19,25-27,29-31,33H,11-12,14,17,20-24H2,2-9H3,(H,41,48)(H,42,47). The van der Waals surface area contributed by atoms with Crippen LogP contribution < -0.4 is 10.6 Å². The van der Waals surface area contributed by atoms with E-state index in [2.05, 4.69) is 16.6 Å². The number of cyclic esters (lactones) is 2. The van der Waals surface area contributed by atoms with Gasteiger partial charge in [0.25, 0.3) is 5.91 Å². The maximum Gasteiger partial charge on any atom is 0.325 e. The van der Waals surface area contributed by atoms with E-state index in [1.54, 1.807) is 0 Å². The lowest BCUT2D eigenvalue weighted by Gasteiger charge is -2.38. The number of amides is 5. The molecule has 2 aliphatic rings. The van der Waals surface area contributed by atoms with Crippen LogP contribution in [-0.2, 0) is 49.5 Å². The molecule has 2 N–H and O–H groups in total. The number of hydrogen-bond acceptors (Lipinski definition) is 9. The van der Waals surface area contributed by atoms with Crippen LogP contribution in [0, 0.1) is 23.7 Å². The molecule has 0 aliphatic carbocycles. The van der Waals surface area contributed by atoms with E-state index < -0.39 is 89.8 Å². The molecule has 0 radical (unpaired) electrons. The number of benzene rings is 1. The van der Waals surface area contributed by atoms with Gasteiger partial charge in [0.1, 0.15) is 36.8 Å². The van der Waals surface area contributed by atoms with Gasteiger partial charge in [0, 0.05) is 33.5 Å². The van der Waals surface area contributed by atoms with Crippen LogP contribution >= 0.6 is 0 Å². The molecular weight excluding hydrogens is 694 g/mol. The zero-order valence-corrected chi connectivity index (χ0v) is 32.9. The number of ether oxygens (including phenoxy) is 2. The fraction of sp³-hybridized carbons (Fsp3) is 0.625. The van der Waals surface area contributed by atoms with Crippen LogP contribution in [-0.4, -0.2) is 120 Å². The van der Waals surface area contributed by atoms with Gasteiger partial charge >= 0.3 is 11.9 Å². The topological polar surface area (TPSA) is 172 Å². The van der Waals surface area contributed by atoms with E-state index in [0.29, 0.717) is 32.1 Å². The number of nitrogens with one attached hydrogen (secondary N) is 2. The first kappa shape index (κ1) is 43.5. The molecule has 1 aromatic rings. The number of rotatable bonds is 7. The summed E-state index contributed by atoms with van der Waals surface area (Å²) in [7, 11) is 2.99. The van der Waals surface area contributed by atoms with E-state index in [1.165, 1.54) is 56.5 Å². The summed E-state index contributed by atoms with van der Waals surface area (Å²) in [5.74, 6) is -2.27. The maximum absolute atomic E-state index is 14.4. The number of esters is 2. The van der Waals surface area contributed by atoms with E-state index in [4.69, 9.17) is 15.9 Å². The molecule has 2 saturated heterocycles. The molecular formula is C40H57N5O9. The summed E-state index contributed by atoms with van der Waals surface area (Å²) in [5.41, 5.74) is -0.692. The summed E-state index contributed by atoms with van der Waals surface area (Å²) < 4.78 is 11.3. The first-order valence-electron chi connectivity index (χ1n) is 18.8. The van der Waals surface area contributed by atoms with Gasteiger partial charge < -0.3 is 34.8 Å². The zero-order chi connectivity index (χ0) is 40.3. The Hall–Kier alpha value is -4.93. The number of terminal acetylenes is 1. The number of unbranched alkanes of at least 4 members (excludes halogenated alkanes) is 1.